The number of carbonyl (C=O) groups is 1. The fourth-order valence-electron chi connectivity index (χ4n) is 3.35. The van der Waals surface area contributed by atoms with E-state index in [1.807, 2.05) is 4.90 Å². The average Bonchev–Trinajstić information content (AvgIpc) is 3.27. The van der Waals surface area contributed by atoms with Crippen LogP contribution in [0.25, 0.3) is 0 Å². The predicted octanol–water partition coefficient (Wildman–Crippen LogP) is 2.72. The molecule has 1 aliphatic carbocycles. The van der Waals surface area contributed by atoms with Crippen LogP contribution in [0.4, 0.5) is 0 Å². The van der Waals surface area contributed by atoms with E-state index in [0.29, 0.717) is 6.42 Å². The zero-order valence-electron chi connectivity index (χ0n) is 14.3. The summed E-state index contributed by atoms with van der Waals surface area (Å²) in [5.41, 5.74) is 0. The summed E-state index contributed by atoms with van der Waals surface area (Å²) in [6.45, 7) is 14.3. The van der Waals surface area contributed by atoms with Crippen molar-refractivity contribution in [2.24, 2.45) is 5.92 Å². The quantitative estimate of drug-likeness (QED) is 0.394. The van der Waals surface area contributed by atoms with Crippen LogP contribution in [0, 0.1) is 25.9 Å². The van der Waals surface area contributed by atoms with Crippen LogP contribution >= 0.6 is 0 Å². The third-order valence-corrected chi connectivity index (χ3v) is 4.39. The summed E-state index contributed by atoms with van der Waals surface area (Å²) < 4.78 is 22.5. The first kappa shape index (κ1) is 28.8. The Labute approximate surface area is 164 Å². The van der Waals surface area contributed by atoms with E-state index in [2.05, 4.69) is 26.2 Å². The Balaban J connectivity index is -0.000000340. The minimum atomic E-state index is -0.0157. The fourth-order valence-corrected chi connectivity index (χ4v) is 3.35. The van der Waals surface area contributed by atoms with Crippen molar-refractivity contribution in [3.8, 4) is 0 Å². The molecule has 3 rings (SSSR count). The molecule has 3 fully saturated rings. The predicted molar refractivity (Wildman–Crippen MR) is 82.6 cm³/mol. The second-order valence-electron chi connectivity index (χ2n) is 5.68. The standard InChI is InChI=1S/C10H14NO2.C5H10.3CO.W/c12-7-8-3-2-6-11-9(8)4-1-5-10(11)13;1-2-4-5-3-1;3*1-2;/h8-9H,1-6H2;1-5H2;;;;/q-1;;;;;+2/t8-,9-;;;;;/m1...../s1. The number of hydrogen-bond acceptors (Lipinski definition) is 2. The smallest absolute Gasteiger partial charge is 2.00 e. The van der Waals surface area contributed by atoms with Crippen molar-refractivity contribution in [2.75, 3.05) is 6.54 Å². The molecule has 0 aromatic heterocycles. The molecule has 0 N–H and O–H groups in total. The van der Waals surface area contributed by atoms with E-state index in [-0.39, 0.29) is 38.9 Å². The van der Waals surface area contributed by atoms with E-state index in [9.17, 15) is 9.59 Å². The van der Waals surface area contributed by atoms with Gasteiger partial charge in [0.1, 0.15) is 0 Å². The molecule has 0 radical (unpaired) electrons. The molecule has 1 saturated carbocycles. The van der Waals surface area contributed by atoms with E-state index >= 15 is 0 Å². The Morgan fingerprint density at radius 1 is 0.840 bits per heavy atom. The normalized spacial score (nSPS) is 22.8. The topological polar surface area (TPSA) is 97.1 Å². The largest absolute Gasteiger partial charge is 2.00 e. The Bertz CT molecular complexity index is 382. The molecule has 0 aromatic carbocycles. The monoisotopic (exact) mass is 518 g/mol. The molecular formula is C18H24NO5W+. The van der Waals surface area contributed by atoms with Gasteiger partial charge in [-0.05, 0) is 19.3 Å². The van der Waals surface area contributed by atoms with Gasteiger partial charge in [0, 0.05) is 19.0 Å². The van der Waals surface area contributed by atoms with Gasteiger partial charge in [0.2, 0.25) is 5.91 Å². The van der Waals surface area contributed by atoms with Gasteiger partial charge < -0.3 is 9.69 Å². The minimum Gasteiger partial charge on any atom is 2.00 e. The Hall–Kier alpha value is -0.952. The Morgan fingerprint density at radius 2 is 1.32 bits per heavy atom. The summed E-state index contributed by atoms with van der Waals surface area (Å²) in [5.74, 6) is 0.217. The van der Waals surface area contributed by atoms with E-state index in [0.717, 1.165) is 32.2 Å². The van der Waals surface area contributed by atoms with Gasteiger partial charge in [0.05, 0.1) is 0 Å². The zero-order chi connectivity index (χ0) is 18.8. The molecule has 0 aromatic rings. The number of amides is 1. The zero-order valence-corrected chi connectivity index (χ0v) is 17.3. The maximum atomic E-state index is 11.5. The molecule has 1 amide bonds. The molecule has 2 heterocycles. The van der Waals surface area contributed by atoms with Crippen molar-refractivity contribution in [1.29, 1.82) is 0 Å². The van der Waals surface area contributed by atoms with Crippen molar-refractivity contribution < 1.29 is 44.6 Å². The number of hydrogen-bond donors (Lipinski definition) is 0. The van der Waals surface area contributed by atoms with Crippen LogP contribution in [0.1, 0.15) is 64.2 Å². The average molecular weight is 518 g/mol. The SMILES string of the molecule is C1CCCC1.O=[C-][C@H]1CCCN2C(=O)CCC[C@H]12.[C-]#[O+].[C-]#[O+].[C-]#[O+].[W+2]. The van der Waals surface area contributed by atoms with E-state index < -0.39 is 0 Å². The van der Waals surface area contributed by atoms with Gasteiger partial charge >= 0.3 is 55.0 Å². The summed E-state index contributed by atoms with van der Waals surface area (Å²) in [6.07, 6.45) is 14.1. The fraction of sp³-hybridized carbons (Fsp3) is 0.722. The van der Waals surface area contributed by atoms with Crippen molar-refractivity contribution in [3.05, 3.63) is 20.0 Å². The molecule has 136 valence electrons. The Kier molecular flexibility index (Phi) is 24.3. The number of fused-ring (bicyclic) bond motifs is 1. The van der Waals surface area contributed by atoms with Gasteiger partial charge in [-0.15, -0.1) is 5.92 Å². The molecule has 2 saturated heterocycles. The van der Waals surface area contributed by atoms with Gasteiger partial charge in [-0.3, -0.25) is 11.1 Å². The molecule has 0 spiro atoms. The van der Waals surface area contributed by atoms with Crippen LogP contribution in [-0.2, 0) is 44.6 Å². The van der Waals surface area contributed by atoms with Crippen molar-refractivity contribution in [1.82, 2.24) is 4.90 Å². The summed E-state index contributed by atoms with van der Waals surface area (Å²) >= 11 is 0. The Morgan fingerprint density at radius 3 is 1.76 bits per heavy atom. The van der Waals surface area contributed by atoms with Gasteiger partial charge in [-0.1, -0.05) is 38.5 Å². The first-order chi connectivity index (χ1) is 11.8. The number of piperidine rings is 2. The maximum Gasteiger partial charge on any atom is 2.00 e. The number of rotatable bonds is 1. The second-order valence-corrected chi connectivity index (χ2v) is 5.68. The molecule has 6 nitrogen and oxygen atoms in total. The molecule has 2 aliphatic heterocycles. The van der Waals surface area contributed by atoms with Gasteiger partial charge in [0.25, 0.3) is 0 Å². The first-order valence-electron chi connectivity index (χ1n) is 8.11. The molecule has 25 heavy (non-hydrogen) atoms. The van der Waals surface area contributed by atoms with E-state index in [1.165, 1.54) is 32.1 Å². The molecule has 7 heteroatoms. The van der Waals surface area contributed by atoms with E-state index in [4.69, 9.17) is 14.0 Å². The minimum absolute atomic E-state index is 0. The summed E-state index contributed by atoms with van der Waals surface area (Å²) in [6, 6.07) is 0.174. The maximum absolute atomic E-state index is 11.5. The van der Waals surface area contributed by atoms with Crippen LogP contribution in [0.15, 0.2) is 0 Å². The molecule has 2 atom stereocenters. The van der Waals surface area contributed by atoms with Gasteiger partial charge in [0.15, 0.2) is 0 Å². The third-order valence-electron chi connectivity index (χ3n) is 4.39. The van der Waals surface area contributed by atoms with Crippen LogP contribution in [0.3, 0.4) is 0 Å². The summed E-state index contributed by atoms with van der Waals surface area (Å²) in [5, 5.41) is 0. The summed E-state index contributed by atoms with van der Waals surface area (Å²) in [4.78, 5) is 24.0. The van der Waals surface area contributed by atoms with Crippen molar-refractivity contribution >= 4 is 12.2 Å². The van der Waals surface area contributed by atoms with Crippen LogP contribution in [-0.4, -0.2) is 29.7 Å². The summed E-state index contributed by atoms with van der Waals surface area (Å²) in [7, 11) is 0. The van der Waals surface area contributed by atoms with Crippen molar-refractivity contribution in [3.63, 3.8) is 0 Å². The van der Waals surface area contributed by atoms with Crippen LogP contribution in [0.2, 0.25) is 0 Å². The van der Waals surface area contributed by atoms with Crippen LogP contribution in [0.5, 0.6) is 0 Å². The molecular weight excluding hydrogens is 494 g/mol. The number of carbonyl (C=O) groups excluding carboxylic acids is 2. The van der Waals surface area contributed by atoms with Crippen molar-refractivity contribution in [2.45, 2.75) is 70.3 Å². The molecule has 3 aliphatic rings. The molecule has 0 unspecified atom stereocenters. The number of nitrogens with zero attached hydrogens (tertiary/aromatic N) is 1. The van der Waals surface area contributed by atoms with E-state index in [1.54, 1.807) is 0 Å². The van der Waals surface area contributed by atoms with Crippen LogP contribution < -0.4 is 0 Å². The van der Waals surface area contributed by atoms with Gasteiger partial charge in [-0.2, -0.15) is 0 Å². The van der Waals surface area contributed by atoms with Gasteiger partial charge in [-0.25, -0.2) is 0 Å². The molecule has 0 bridgehead atoms. The second kappa shape index (κ2) is 21.1. The third kappa shape index (κ3) is 11.3. The first-order valence-corrected chi connectivity index (χ1v) is 8.11.